The number of ether oxygens (including phenoxy) is 1. The second-order valence-electron chi connectivity index (χ2n) is 6.37. The normalized spacial score (nSPS) is 19.5. The summed E-state index contributed by atoms with van der Waals surface area (Å²) in [5, 5.41) is 11.7. The first-order valence-corrected chi connectivity index (χ1v) is 8.56. The molecule has 1 saturated carbocycles. The predicted molar refractivity (Wildman–Crippen MR) is 90.1 cm³/mol. The Labute approximate surface area is 158 Å². The Balaban J connectivity index is 1.56. The van der Waals surface area contributed by atoms with Crippen molar-refractivity contribution in [3.8, 4) is 11.8 Å². The summed E-state index contributed by atoms with van der Waals surface area (Å²) in [6.07, 6.45) is 2.72. The van der Waals surface area contributed by atoms with Crippen molar-refractivity contribution in [3.05, 3.63) is 47.8 Å². The summed E-state index contributed by atoms with van der Waals surface area (Å²) in [5.74, 6) is -0.295. The lowest BCUT2D eigenvalue weighted by atomic mass is 9.92. The minimum Gasteiger partial charge on any atom is -0.489 e. The summed E-state index contributed by atoms with van der Waals surface area (Å²) >= 11 is 0. The summed E-state index contributed by atoms with van der Waals surface area (Å²) in [6, 6.07) is 2.18. The van der Waals surface area contributed by atoms with Gasteiger partial charge in [0, 0.05) is 18.4 Å². The van der Waals surface area contributed by atoms with E-state index in [4.69, 9.17) is 10.00 Å². The number of halogens is 3. The van der Waals surface area contributed by atoms with E-state index >= 15 is 0 Å². The average molecular weight is 391 g/mol. The lowest BCUT2D eigenvalue weighted by molar-refractivity contribution is -0.138. The van der Waals surface area contributed by atoms with Crippen LogP contribution in [0, 0.1) is 11.3 Å². The zero-order chi connectivity index (χ0) is 20.1. The first kappa shape index (κ1) is 19.5. The average Bonchev–Trinajstić information content (AvgIpc) is 2.69. The van der Waals surface area contributed by atoms with Crippen molar-refractivity contribution in [2.45, 2.75) is 44.0 Å². The van der Waals surface area contributed by atoms with E-state index in [2.05, 4.69) is 20.3 Å². The number of carbonyl (C=O) groups is 1. The lowest BCUT2D eigenvalue weighted by Crippen LogP contribution is -2.39. The van der Waals surface area contributed by atoms with E-state index in [9.17, 15) is 18.0 Å². The molecule has 0 aliphatic heterocycles. The second kappa shape index (κ2) is 8.21. The van der Waals surface area contributed by atoms with Crippen molar-refractivity contribution in [3.63, 3.8) is 0 Å². The molecule has 2 aromatic heterocycles. The Hall–Kier alpha value is -3.22. The molecule has 2 aromatic rings. The largest absolute Gasteiger partial charge is 0.489 e. The fourth-order valence-corrected chi connectivity index (χ4v) is 3.02. The van der Waals surface area contributed by atoms with Gasteiger partial charge in [-0.3, -0.25) is 4.79 Å². The van der Waals surface area contributed by atoms with Gasteiger partial charge >= 0.3 is 6.18 Å². The minimum atomic E-state index is -4.68. The molecule has 1 aliphatic carbocycles. The Morgan fingerprint density at radius 2 is 1.86 bits per heavy atom. The van der Waals surface area contributed by atoms with Crippen molar-refractivity contribution in [2.75, 3.05) is 0 Å². The Morgan fingerprint density at radius 3 is 2.46 bits per heavy atom. The Morgan fingerprint density at radius 1 is 1.18 bits per heavy atom. The summed E-state index contributed by atoms with van der Waals surface area (Å²) < 4.78 is 44.7. The lowest BCUT2D eigenvalue weighted by Gasteiger charge is -2.29. The van der Waals surface area contributed by atoms with Gasteiger partial charge in [-0.15, -0.1) is 0 Å². The van der Waals surface area contributed by atoms with Crippen LogP contribution in [0.2, 0.25) is 0 Å². The van der Waals surface area contributed by atoms with Crippen molar-refractivity contribution in [1.82, 2.24) is 20.3 Å². The highest BCUT2D eigenvalue weighted by molar-refractivity contribution is 5.93. The van der Waals surface area contributed by atoms with Crippen LogP contribution in [0.25, 0.3) is 0 Å². The number of rotatable bonds is 4. The van der Waals surface area contributed by atoms with E-state index in [0.717, 1.165) is 12.3 Å². The highest BCUT2D eigenvalue weighted by Crippen LogP contribution is 2.34. The van der Waals surface area contributed by atoms with E-state index in [-0.39, 0.29) is 23.8 Å². The molecule has 0 radical (unpaired) electrons. The smallest absolute Gasteiger partial charge is 0.419 e. The van der Waals surface area contributed by atoms with Gasteiger partial charge in [-0.1, -0.05) is 0 Å². The topological polar surface area (TPSA) is 101 Å². The van der Waals surface area contributed by atoms with Crippen molar-refractivity contribution in [1.29, 1.82) is 5.26 Å². The molecule has 0 spiro atoms. The maximum Gasteiger partial charge on any atom is 0.419 e. The second-order valence-corrected chi connectivity index (χ2v) is 6.37. The van der Waals surface area contributed by atoms with Crippen LogP contribution < -0.4 is 10.1 Å². The zero-order valence-electron chi connectivity index (χ0n) is 14.6. The molecule has 1 aliphatic rings. The Bertz CT molecular complexity index is 875. The van der Waals surface area contributed by atoms with Crippen molar-refractivity contribution in [2.24, 2.45) is 0 Å². The molecule has 1 N–H and O–H groups in total. The van der Waals surface area contributed by atoms with E-state index in [1.807, 2.05) is 0 Å². The molecule has 3 rings (SSSR count). The molecular weight excluding hydrogens is 375 g/mol. The summed E-state index contributed by atoms with van der Waals surface area (Å²) in [5.41, 5.74) is -1.43. The third-order valence-electron chi connectivity index (χ3n) is 4.41. The molecule has 146 valence electrons. The summed E-state index contributed by atoms with van der Waals surface area (Å²) in [7, 11) is 0. The van der Waals surface area contributed by atoms with Gasteiger partial charge in [-0.2, -0.15) is 18.4 Å². The molecule has 0 atom stereocenters. The highest BCUT2D eigenvalue weighted by Gasteiger charge is 2.35. The van der Waals surface area contributed by atoms with E-state index in [0.29, 0.717) is 31.2 Å². The fourth-order valence-electron chi connectivity index (χ4n) is 3.02. The number of aromatic nitrogens is 3. The van der Waals surface area contributed by atoms with Crippen molar-refractivity contribution >= 4 is 5.91 Å². The number of carbonyl (C=O) groups excluding carboxylic acids is 1. The first-order valence-electron chi connectivity index (χ1n) is 8.56. The quantitative estimate of drug-likeness (QED) is 0.860. The van der Waals surface area contributed by atoms with Gasteiger partial charge in [0.1, 0.15) is 18.1 Å². The zero-order valence-corrected chi connectivity index (χ0v) is 14.6. The van der Waals surface area contributed by atoms with Crippen molar-refractivity contribution < 1.29 is 22.7 Å². The van der Waals surface area contributed by atoms with E-state index in [1.165, 1.54) is 24.8 Å². The van der Waals surface area contributed by atoms with Crippen LogP contribution in [-0.2, 0) is 6.18 Å². The minimum absolute atomic E-state index is 0.0276. The predicted octanol–water partition coefficient (Wildman–Crippen LogP) is 2.88. The molecule has 0 saturated heterocycles. The van der Waals surface area contributed by atoms with Crippen LogP contribution in [0.3, 0.4) is 0 Å². The fraction of sp³-hybridized carbons (Fsp3) is 0.389. The third kappa shape index (κ3) is 4.73. The number of nitriles is 1. The molecule has 10 heteroatoms. The molecule has 1 amide bonds. The van der Waals surface area contributed by atoms with Crippen LogP contribution >= 0.6 is 0 Å². The molecule has 0 aromatic carbocycles. The first-order chi connectivity index (χ1) is 13.4. The molecule has 0 bridgehead atoms. The number of hydrogen-bond acceptors (Lipinski definition) is 6. The SMILES string of the molecule is N#Cc1ncc(OC2CCC(NC(=O)c3cncnc3)CC2)cc1C(F)(F)F. The number of hydrogen-bond donors (Lipinski definition) is 1. The van der Waals surface area contributed by atoms with E-state index < -0.39 is 17.4 Å². The maximum atomic E-state index is 13.0. The van der Waals surface area contributed by atoms with Gasteiger partial charge in [0.05, 0.1) is 23.4 Å². The number of alkyl halides is 3. The molecule has 1 fully saturated rings. The van der Waals surface area contributed by atoms with Gasteiger partial charge in [-0.05, 0) is 31.7 Å². The standard InChI is InChI=1S/C18H16F3N5O2/c19-18(20,21)15-5-14(9-25-16(15)6-22)28-13-3-1-12(2-4-13)26-17(27)11-7-23-10-24-8-11/h5,7-10,12-13H,1-4H2,(H,26,27). The number of nitrogens with one attached hydrogen (secondary N) is 1. The molecule has 7 nitrogen and oxygen atoms in total. The monoisotopic (exact) mass is 391 g/mol. The van der Waals surface area contributed by atoms with Gasteiger partial charge in [0.15, 0.2) is 5.69 Å². The number of amides is 1. The Kier molecular flexibility index (Phi) is 5.73. The van der Waals surface area contributed by atoms with Crippen LogP contribution in [0.1, 0.15) is 47.3 Å². The summed E-state index contributed by atoms with van der Waals surface area (Å²) in [6.45, 7) is 0. The number of nitrogens with zero attached hydrogens (tertiary/aromatic N) is 4. The molecule has 2 heterocycles. The van der Waals surface area contributed by atoms with E-state index in [1.54, 1.807) is 0 Å². The van der Waals surface area contributed by atoms with Gasteiger partial charge in [0.25, 0.3) is 5.91 Å². The van der Waals surface area contributed by atoms with Gasteiger partial charge in [0.2, 0.25) is 0 Å². The summed E-state index contributed by atoms with van der Waals surface area (Å²) in [4.78, 5) is 23.2. The molecular formula is C18H16F3N5O2. The van der Waals surface area contributed by atoms with Crippen LogP contribution in [-0.4, -0.2) is 33.0 Å². The highest BCUT2D eigenvalue weighted by atomic mass is 19.4. The van der Waals surface area contributed by atoms with Crippen LogP contribution in [0.15, 0.2) is 31.0 Å². The van der Waals surface area contributed by atoms with Crippen LogP contribution in [0.4, 0.5) is 13.2 Å². The molecule has 0 unspecified atom stereocenters. The van der Waals surface area contributed by atoms with Gasteiger partial charge < -0.3 is 10.1 Å². The third-order valence-corrected chi connectivity index (χ3v) is 4.41. The maximum absolute atomic E-state index is 13.0. The molecule has 28 heavy (non-hydrogen) atoms. The van der Waals surface area contributed by atoms with Crippen LogP contribution in [0.5, 0.6) is 5.75 Å². The number of pyridine rings is 1. The van der Waals surface area contributed by atoms with Gasteiger partial charge in [-0.25, -0.2) is 15.0 Å².